The van der Waals surface area contributed by atoms with Crippen LogP contribution in [0.4, 0.5) is 15.2 Å². The van der Waals surface area contributed by atoms with Crippen LogP contribution in [0.3, 0.4) is 0 Å². The SMILES string of the molecule is COc1ccc(S(=O)(=O)Nc2nc(CCC(=O)N3CCN(c4ccccc4F)CC3)cs2)cc1. The van der Waals surface area contributed by atoms with E-state index in [2.05, 4.69) is 9.71 Å². The molecule has 3 aromatic rings. The molecule has 0 radical (unpaired) electrons. The van der Waals surface area contributed by atoms with Gasteiger partial charge in [0, 0.05) is 38.0 Å². The first kappa shape index (κ1) is 24.0. The second-order valence-electron chi connectivity index (χ2n) is 7.74. The van der Waals surface area contributed by atoms with Gasteiger partial charge in [0.15, 0.2) is 5.13 Å². The minimum Gasteiger partial charge on any atom is -0.497 e. The van der Waals surface area contributed by atoms with Gasteiger partial charge in [-0.15, -0.1) is 11.3 Å². The minimum absolute atomic E-state index is 0.00143. The molecule has 8 nitrogen and oxygen atoms in total. The number of ether oxygens (including phenoxy) is 1. The highest BCUT2D eigenvalue weighted by molar-refractivity contribution is 7.93. The van der Waals surface area contributed by atoms with E-state index in [0.717, 1.165) is 0 Å². The number of hydrogen-bond acceptors (Lipinski definition) is 7. The summed E-state index contributed by atoms with van der Waals surface area (Å²) in [5, 5.41) is 1.99. The molecule has 1 N–H and O–H groups in total. The van der Waals surface area contributed by atoms with E-state index in [9.17, 15) is 17.6 Å². The predicted octanol–water partition coefficient (Wildman–Crippen LogP) is 3.37. The van der Waals surface area contributed by atoms with E-state index < -0.39 is 10.0 Å². The largest absolute Gasteiger partial charge is 0.497 e. The summed E-state index contributed by atoms with van der Waals surface area (Å²) in [4.78, 5) is 20.8. The van der Waals surface area contributed by atoms with Gasteiger partial charge in [0.2, 0.25) is 5.91 Å². The molecule has 34 heavy (non-hydrogen) atoms. The number of hydrogen-bond donors (Lipinski definition) is 1. The third-order valence-corrected chi connectivity index (χ3v) is 7.85. The Balaban J connectivity index is 1.27. The monoisotopic (exact) mass is 504 g/mol. The normalized spacial score (nSPS) is 14.2. The highest BCUT2D eigenvalue weighted by atomic mass is 32.2. The third-order valence-electron chi connectivity index (χ3n) is 5.56. The second-order valence-corrected chi connectivity index (χ2v) is 10.3. The van der Waals surface area contributed by atoms with Gasteiger partial charge in [-0.1, -0.05) is 12.1 Å². The minimum atomic E-state index is -3.77. The van der Waals surface area contributed by atoms with Crippen molar-refractivity contribution < 1.29 is 22.3 Å². The smallest absolute Gasteiger partial charge is 0.263 e. The van der Waals surface area contributed by atoms with E-state index in [1.165, 1.54) is 36.6 Å². The molecule has 1 fully saturated rings. The predicted molar refractivity (Wildman–Crippen MR) is 129 cm³/mol. The topological polar surface area (TPSA) is 91.8 Å². The van der Waals surface area contributed by atoms with E-state index in [-0.39, 0.29) is 28.2 Å². The molecule has 0 bridgehead atoms. The molecule has 1 aromatic heterocycles. The fourth-order valence-corrected chi connectivity index (χ4v) is 5.69. The Hall–Kier alpha value is -3.18. The zero-order valence-electron chi connectivity index (χ0n) is 18.6. The van der Waals surface area contributed by atoms with Crippen molar-refractivity contribution in [2.75, 3.05) is 42.9 Å². The number of benzene rings is 2. The molecule has 0 saturated carbocycles. The molecule has 0 unspecified atom stereocenters. The van der Waals surface area contributed by atoms with E-state index in [4.69, 9.17) is 4.74 Å². The Morgan fingerprint density at radius 2 is 1.82 bits per heavy atom. The average molecular weight is 505 g/mol. The number of anilines is 2. The van der Waals surface area contributed by atoms with Crippen LogP contribution in [0.1, 0.15) is 12.1 Å². The Morgan fingerprint density at radius 1 is 1.12 bits per heavy atom. The summed E-state index contributed by atoms with van der Waals surface area (Å²) in [6.07, 6.45) is 0.682. The molecule has 4 rings (SSSR count). The molecular weight excluding hydrogens is 479 g/mol. The van der Waals surface area contributed by atoms with Crippen LogP contribution < -0.4 is 14.4 Å². The van der Waals surface area contributed by atoms with Crippen molar-refractivity contribution in [3.8, 4) is 5.75 Å². The summed E-state index contributed by atoms with van der Waals surface area (Å²) in [6.45, 7) is 2.19. The van der Waals surface area contributed by atoms with Gasteiger partial charge in [0.05, 0.1) is 23.4 Å². The van der Waals surface area contributed by atoms with Gasteiger partial charge in [-0.3, -0.25) is 9.52 Å². The number of nitrogens with zero attached hydrogens (tertiary/aromatic N) is 3. The third kappa shape index (κ3) is 5.65. The van der Waals surface area contributed by atoms with Crippen molar-refractivity contribution in [2.45, 2.75) is 17.7 Å². The quantitative estimate of drug-likeness (QED) is 0.506. The summed E-state index contributed by atoms with van der Waals surface area (Å²) in [5.41, 5.74) is 1.21. The number of aromatic nitrogens is 1. The van der Waals surface area contributed by atoms with Crippen LogP contribution in [-0.2, 0) is 21.2 Å². The molecule has 0 spiro atoms. The zero-order valence-corrected chi connectivity index (χ0v) is 20.2. The molecule has 180 valence electrons. The van der Waals surface area contributed by atoms with Crippen LogP contribution in [0.2, 0.25) is 0 Å². The maximum absolute atomic E-state index is 14.0. The summed E-state index contributed by atoms with van der Waals surface area (Å²) in [7, 11) is -2.26. The maximum Gasteiger partial charge on any atom is 0.263 e. The average Bonchev–Trinajstić information content (AvgIpc) is 3.29. The van der Waals surface area contributed by atoms with Gasteiger partial charge >= 0.3 is 0 Å². The molecule has 1 aliphatic rings. The van der Waals surface area contributed by atoms with Crippen molar-refractivity contribution in [1.82, 2.24) is 9.88 Å². The molecular formula is C23H25FN4O4S2. The molecule has 11 heteroatoms. The van der Waals surface area contributed by atoms with Crippen LogP contribution in [0.25, 0.3) is 0 Å². The Morgan fingerprint density at radius 3 is 2.50 bits per heavy atom. The Kier molecular flexibility index (Phi) is 7.32. The highest BCUT2D eigenvalue weighted by Crippen LogP contribution is 2.23. The standard InChI is InChI=1S/C23H25FN4O4S2/c1-32-18-7-9-19(10-8-18)34(30,31)26-23-25-17(16-33-23)6-11-22(29)28-14-12-27(13-15-28)21-5-3-2-4-20(21)24/h2-5,7-10,16H,6,11-15H2,1H3,(H,25,26). The number of carbonyl (C=O) groups is 1. The van der Waals surface area contributed by atoms with Gasteiger partial charge in [0.25, 0.3) is 10.0 Å². The number of halogens is 1. The summed E-state index contributed by atoms with van der Waals surface area (Å²) in [6, 6.07) is 12.7. The van der Waals surface area contributed by atoms with Crippen molar-refractivity contribution in [3.05, 3.63) is 65.4 Å². The van der Waals surface area contributed by atoms with Crippen molar-refractivity contribution in [1.29, 1.82) is 0 Å². The highest BCUT2D eigenvalue weighted by Gasteiger charge is 2.23. The van der Waals surface area contributed by atoms with Crippen LogP contribution >= 0.6 is 11.3 Å². The van der Waals surface area contributed by atoms with Crippen molar-refractivity contribution in [3.63, 3.8) is 0 Å². The van der Waals surface area contributed by atoms with Gasteiger partial charge < -0.3 is 14.5 Å². The lowest BCUT2D eigenvalue weighted by molar-refractivity contribution is -0.131. The first-order valence-electron chi connectivity index (χ1n) is 10.7. The molecule has 0 atom stereocenters. The van der Waals surface area contributed by atoms with E-state index in [1.54, 1.807) is 40.6 Å². The number of amides is 1. The number of thiazole rings is 1. The number of piperazine rings is 1. The van der Waals surface area contributed by atoms with Crippen molar-refractivity contribution in [2.24, 2.45) is 0 Å². The number of nitrogens with one attached hydrogen (secondary N) is 1. The molecule has 1 saturated heterocycles. The lowest BCUT2D eigenvalue weighted by atomic mass is 10.2. The number of carbonyl (C=O) groups excluding carboxylic acids is 1. The van der Waals surface area contributed by atoms with Crippen LogP contribution in [0, 0.1) is 5.82 Å². The fourth-order valence-electron chi connectivity index (χ4n) is 3.70. The Labute approximate surface area is 202 Å². The van der Waals surface area contributed by atoms with E-state index in [0.29, 0.717) is 49.7 Å². The summed E-state index contributed by atoms with van der Waals surface area (Å²) >= 11 is 1.17. The Bertz CT molecular complexity index is 1240. The number of sulfonamides is 1. The number of para-hydroxylation sites is 1. The van der Waals surface area contributed by atoms with Crippen LogP contribution in [0.5, 0.6) is 5.75 Å². The first-order valence-corrected chi connectivity index (χ1v) is 13.1. The van der Waals surface area contributed by atoms with Gasteiger partial charge in [-0.05, 0) is 42.8 Å². The zero-order chi connectivity index (χ0) is 24.1. The molecule has 1 amide bonds. The number of rotatable bonds is 8. The van der Waals surface area contributed by atoms with Crippen LogP contribution in [-0.4, -0.2) is 57.5 Å². The fraction of sp³-hybridized carbons (Fsp3) is 0.304. The van der Waals surface area contributed by atoms with E-state index >= 15 is 0 Å². The second kappa shape index (κ2) is 10.4. The molecule has 1 aliphatic heterocycles. The van der Waals surface area contributed by atoms with Gasteiger partial charge in [-0.2, -0.15) is 0 Å². The molecule has 2 heterocycles. The maximum atomic E-state index is 14.0. The lowest BCUT2D eigenvalue weighted by Gasteiger charge is -2.36. The first-order chi connectivity index (χ1) is 16.4. The van der Waals surface area contributed by atoms with Crippen molar-refractivity contribution >= 4 is 38.1 Å². The summed E-state index contributed by atoms with van der Waals surface area (Å²) in [5.74, 6) is 0.305. The number of methoxy groups -OCH3 is 1. The summed E-state index contributed by atoms with van der Waals surface area (Å²) < 4.78 is 46.6. The number of aryl methyl sites for hydroxylation is 1. The van der Waals surface area contributed by atoms with Gasteiger partial charge in [0.1, 0.15) is 11.6 Å². The molecule has 2 aromatic carbocycles. The molecule has 0 aliphatic carbocycles. The van der Waals surface area contributed by atoms with Crippen LogP contribution in [0.15, 0.2) is 58.8 Å². The lowest BCUT2D eigenvalue weighted by Crippen LogP contribution is -2.49. The van der Waals surface area contributed by atoms with Gasteiger partial charge in [-0.25, -0.2) is 17.8 Å². The van der Waals surface area contributed by atoms with E-state index in [1.807, 2.05) is 4.90 Å².